The summed E-state index contributed by atoms with van der Waals surface area (Å²) < 4.78 is 25.4. The predicted octanol–water partition coefficient (Wildman–Crippen LogP) is 3.32. The summed E-state index contributed by atoms with van der Waals surface area (Å²) in [5.41, 5.74) is 0.997. The molecule has 25 heavy (non-hydrogen) atoms. The quantitative estimate of drug-likeness (QED) is 0.839. The normalized spacial score (nSPS) is 29.4. The standard InChI is InChI=1S/C20H26FNO3/c1-14-9-16(21)5-6-18(14)19(23)22-8-2-7-20(13-22)10-17(12-25-20)24-11-15-3-4-15/h5-6,9,15,17H,2-4,7-8,10-13H2,1H3/t17-,20+/m0/s1. The number of nitrogens with zero attached hydrogens (tertiary/aromatic N) is 1. The van der Waals surface area contributed by atoms with Gasteiger partial charge in [0.2, 0.25) is 0 Å². The lowest BCUT2D eigenvalue weighted by atomic mass is 9.88. The van der Waals surface area contributed by atoms with Gasteiger partial charge in [-0.3, -0.25) is 4.79 Å². The Morgan fingerprint density at radius 3 is 3.04 bits per heavy atom. The number of carbonyl (C=O) groups is 1. The lowest BCUT2D eigenvalue weighted by Gasteiger charge is -2.39. The van der Waals surface area contributed by atoms with Gasteiger partial charge in [-0.05, 0) is 62.3 Å². The number of rotatable bonds is 4. The number of carbonyl (C=O) groups excluding carboxylic acids is 1. The van der Waals surface area contributed by atoms with Gasteiger partial charge in [-0.25, -0.2) is 4.39 Å². The van der Waals surface area contributed by atoms with Crippen molar-refractivity contribution in [1.29, 1.82) is 0 Å². The molecule has 2 atom stereocenters. The van der Waals surface area contributed by atoms with Crippen LogP contribution < -0.4 is 0 Å². The molecular formula is C20H26FNO3. The molecule has 3 aliphatic rings. The van der Waals surface area contributed by atoms with Crippen LogP contribution >= 0.6 is 0 Å². The maximum Gasteiger partial charge on any atom is 0.254 e. The Hall–Kier alpha value is -1.46. The second-order valence-corrected chi connectivity index (χ2v) is 7.89. The van der Waals surface area contributed by atoms with E-state index in [0.717, 1.165) is 38.3 Å². The van der Waals surface area contributed by atoms with E-state index in [1.54, 1.807) is 13.0 Å². The number of halogens is 1. The van der Waals surface area contributed by atoms with Crippen molar-refractivity contribution in [3.63, 3.8) is 0 Å². The molecule has 0 N–H and O–H groups in total. The predicted molar refractivity (Wildman–Crippen MR) is 92.0 cm³/mol. The van der Waals surface area contributed by atoms with Gasteiger partial charge in [-0.15, -0.1) is 0 Å². The average Bonchev–Trinajstić information content (AvgIpc) is 3.35. The maximum absolute atomic E-state index is 13.3. The van der Waals surface area contributed by atoms with E-state index < -0.39 is 0 Å². The van der Waals surface area contributed by atoms with Gasteiger partial charge in [-0.2, -0.15) is 0 Å². The Morgan fingerprint density at radius 2 is 2.28 bits per heavy atom. The first-order valence-electron chi connectivity index (χ1n) is 9.36. The number of ether oxygens (including phenoxy) is 2. The average molecular weight is 347 g/mol. The van der Waals surface area contributed by atoms with Crippen LogP contribution in [0.2, 0.25) is 0 Å². The van der Waals surface area contributed by atoms with Crippen molar-refractivity contribution in [2.24, 2.45) is 5.92 Å². The third-order valence-corrected chi connectivity index (χ3v) is 5.69. The molecule has 1 aliphatic carbocycles. The van der Waals surface area contributed by atoms with Gasteiger partial charge in [-0.1, -0.05) is 0 Å². The maximum atomic E-state index is 13.3. The number of aryl methyl sites for hydroxylation is 1. The summed E-state index contributed by atoms with van der Waals surface area (Å²) in [6, 6.07) is 4.36. The first-order chi connectivity index (χ1) is 12.0. The van der Waals surface area contributed by atoms with Crippen LogP contribution in [0.4, 0.5) is 4.39 Å². The van der Waals surface area contributed by atoms with Crippen molar-refractivity contribution >= 4 is 5.91 Å². The Kier molecular flexibility index (Phi) is 4.54. The molecule has 4 nitrogen and oxygen atoms in total. The summed E-state index contributed by atoms with van der Waals surface area (Å²) in [6.45, 7) is 4.59. The van der Waals surface area contributed by atoms with Crippen molar-refractivity contribution < 1.29 is 18.7 Å². The summed E-state index contributed by atoms with van der Waals surface area (Å²) in [7, 11) is 0. The Bertz CT molecular complexity index is 660. The fraction of sp³-hybridized carbons (Fsp3) is 0.650. The molecule has 1 aromatic carbocycles. The molecule has 2 heterocycles. The molecule has 0 unspecified atom stereocenters. The van der Waals surface area contributed by atoms with E-state index >= 15 is 0 Å². The van der Waals surface area contributed by atoms with Crippen molar-refractivity contribution in [3.8, 4) is 0 Å². The summed E-state index contributed by atoms with van der Waals surface area (Å²) in [5.74, 6) is 0.420. The molecule has 1 saturated carbocycles. The summed E-state index contributed by atoms with van der Waals surface area (Å²) in [5, 5.41) is 0. The van der Waals surface area contributed by atoms with Gasteiger partial charge in [0.15, 0.2) is 0 Å². The highest BCUT2D eigenvalue weighted by Crippen LogP contribution is 2.37. The Labute approximate surface area is 148 Å². The van der Waals surface area contributed by atoms with Crippen LogP contribution in [-0.4, -0.2) is 48.8 Å². The molecule has 1 amide bonds. The zero-order valence-electron chi connectivity index (χ0n) is 14.8. The first kappa shape index (κ1) is 17.0. The number of hydrogen-bond donors (Lipinski definition) is 0. The molecule has 0 bridgehead atoms. The van der Waals surface area contributed by atoms with E-state index in [9.17, 15) is 9.18 Å². The fourth-order valence-electron chi connectivity index (χ4n) is 4.06. The third-order valence-electron chi connectivity index (χ3n) is 5.69. The van der Waals surface area contributed by atoms with Crippen LogP contribution in [-0.2, 0) is 9.47 Å². The summed E-state index contributed by atoms with van der Waals surface area (Å²) in [4.78, 5) is 14.8. The summed E-state index contributed by atoms with van der Waals surface area (Å²) in [6.07, 6.45) is 5.51. The molecule has 2 saturated heterocycles. The van der Waals surface area contributed by atoms with E-state index in [2.05, 4.69) is 0 Å². The molecule has 1 aromatic rings. The second kappa shape index (κ2) is 6.69. The van der Waals surface area contributed by atoms with E-state index in [4.69, 9.17) is 9.47 Å². The Balaban J connectivity index is 1.41. The van der Waals surface area contributed by atoms with Crippen LogP contribution in [0, 0.1) is 18.7 Å². The topological polar surface area (TPSA) is 38.8 Å². The number of hydrogen-bond acceptors (Lipinski definition) is 3. The molecule has 136 valence electrons. The molecule has 0 radical (unpaired) electrons. The van der Waals surface area contributed by atoms with E-state index in [0.29, 0.717) is 24.3 Å². The number of amides is 1. The van der Waals surface area contributed by atoms with Crippen molar-refractivity contribution in [3.05, 3.63) is 35.1 Å². The van der Waals surface area contributed by atoms with Crippen molar-refractivity contribution in [2.75, 3.05) is 26.3 Å². The number of likely N-dealkylation sites (tertiary alicyclic amines) is 1. The molecule has 1 spiro atoms. The molecule has 2 aliphatic heterocycles. The first-order valence-corrected chi connectivity index (χ1v) is 9.36. The van der Waals surface area contributed by atoms with Crippen LogP contribution in [0.15, 0.2) is 18.2 Å². The SMILES string of the molecule is Cc1cc(F)ccc1C(=O)N1CCC[C@@]2(C[C@H](OCC3CC3)CO2)C1. The van der Waals surface area contributed by atoms with E-state index in [-0.39, 0.29) is 23.4 Å². The third kappa shape index (κ3) is 3.72. The highest BCUT2D eigenvalue weighted by Gasteiger charge is 2.45. The van der Waals surface area contributed by atoms with E-state index in [1.165, 1.54) is 25.0 Å². The lowest BCUT2D eigenvalue weighted by molar-refractivity contribution is -0.0465. The summed E-state index contributed by atoms with van der Waals surface area (Å²) >= 11 is 0. The number of benzene rings is 1. The zero-order valence-corrected chi connectivity index (χ0v) is 14.8. The van der Waals surface area contributed by atoms with Crippen molar-refractivity contribution in [2.45, 2.75) is 50.7 Å². The van der Waals surface area contributed by atoms with Gasteiger partial charge < -0.3 is 14.4 Å². The lowest BCUT2D eigenvalue weighted by Crippen LogP contribution is -2.50. The number of piperidine rings is 1. The zero-order chi connectivity index (χ0) is 17.4. The Morgan fingerprint density at radius 1 is 1.44 bits per heavy atom. The van der Waals surface area contributed by atoms with Gasteiger partial charge in [0.05, 0.1) is 24.9 Å². The van der Waals surface area contributed by atoms with Crippen LogP contribution in [0.1, 0.15) is 48.0 Å². The van der Waals surface area contributed by atoms with Crippen molar-refractivity contribution in [1.82, 2.24) is 4.90 Å². The van der Waals surface area contributed by atoms with Gasteiger partial charge in [0.25, 0.3) is 5.91 Å². The van der Waals surface area contributed by atoms with E-state index in [1.807, 2.05) is 4.90 Å². The van der Waals surface area contributed by atoms with Gasteiger partial charge in [0, 0.05) is 25.1 Å². The smallest absolute Gasteiger partial charge is 0.254 e. The molecule has 4 rings (SSSR count). The van der Waals surface area contributed by atoms with Crippen LogP contribution in [0.5, 0.6) is 0 Å². The molecule has 3 fully saturated rings. The highest BCUT2D eigenvalue weighted by atomic mass is 19.1. The fourth-order valence-corrected chi connectivity index (χ4v) is 4.06. The second-order valence-electron chi connectivity index (χ2n) is 7.89. The molecular weight excluding hydrogens is 321 g/mol. The largest absolute Gasteiger partial charge is 0.375 e. The monoisotopic (exact) mass is 347 g/mol. The minimum atomic E-state index is -0.307. The van der Waals surface area contributed by atoms with Crippen LogP contribution in [0.25, 0.3) is 0 Å². The molecule has 5 heteroatoms. The minimum absolute atomic E-state index is 0.0254. The highest BCUT2D eigenvalue weighted by molar-refractivity contribution is 5.95. The van der Waals surface area contributed by atoms with Gasteiger partial charge >= 0.3 is 0 Å². The van der Waals surface area contributed by atoms with Gasteiger partial charge in [0.1, 0.15) is 5.82 Å². The molecule has 0 aromatic heterocycles. The minimum Gasteiger partial charge on any atom is -0.375 e. The van der Waals surface area contributed by atoms with Crippen LogP contribution in [0.3, 0.4) is 0 Å².